The second-order valence-electron chi connectivity index (χ2n) is 3.68. The van der Waals surface area contributed by atoms with Gasteiger partial charge in [0.15, 0.2) is 0 Å². The molecule has 0 radical (unpaired) electrons. The molecule has 0 aliphatic carbocycles. The number of hydrogen-bond acceptors (Lipinski definition) is 2. The Balaban J connectivity index is 1.91. The molecule has 2 aromatic rings. The van der Waals surface area contributed by atoms with Gasteiger partial charge in [-0.2, -0.15) is 0 Å². The standard InChI is InChI=1S/C12H11F2N3O/c13-9-1-2-10(11(14)7-9)12(18)16-4-6-17-5-3-15-8-17/h1-3,5,7-8H,4,6H2,(H,16,18). The third kappa shape index (κ3) is 2.91. The SMILES string of the molecule is O=C(NCCn1ccnc1)c1ccc(F)cc1F. The molecule has 0 atom stereocenters. The minimum atomic E-state index is -0.866. The summed E-state index contributed by atoms with van der Waals surface area (Å²) >= 11 is 0. The number of aromatic nitrogens is 2. The number of hydrogen-bond donors (Lipinski definition) is 1. The summed E-state index contributed by atoms with van der Waals surface area (Å²) in [4.78, 5) is 15.5. The minimum Gasteiger partial charge on any atom is -0.350 e. The molecule has 0 aliphatic heterocycles. The zero-order chi connectivity index (χ0) is 13.0. The molecule has 1 aromatic heterocycles. The molecule has 0 aliphatic rings. The molecule has 1 heterocycles. The fourth-order valence-electron chi connectivity index (χ4n) is 1.49. The van der Waals surface area contributed by atoms with Crippen LogP contribution in [0.4, 0.5) is 8.78 Å². The number of nitrogens with one attached hydrogen (secondary N) is 1. The second kappa shape index (κ2) is 5.39. The van der Waals surface area contributed by atoms with Crippen LogP contribution in [0.5, 0.6) is 0 Å². The lowest BCUT2D eigenvalue weighted by Gasteiger charge is -2.06. The van der Waals surface area contributed by atoms with Gasteiger partial charge in [-0.15, -0.1) is 0 Å². The molecule has 18 heavy (non-hydrogen) atoms. The summed E-state index contributed by atoms with van der Waals surface area (Å²) in [5.74, 6) is -2.13. The molecule has 0 saturated carbocycles. The molecular formula is C12H11F2N3O. The number of rotatable bonds is 4. The molecule has 94 valence electrons. The minimum absolute atomic E-state index is 0.165. The monoisotopic (exact) mass is 251 g/mol. The van der Waals surface area contributed by atoms with Crippen molar-refractivity contribution in [3.05, 3.63) is 54.1 Å². The number of amides is 1. The number of imidazole rings is 1. The lowest BCUT2D eigenvalue weighted by Crippen LogP contribution is -2.27. The van der Waals surface area contributed by atoms with Gasteiger partial charge in [-0.05, 0) is 12.1 Å². The van der Waals surface area contributed by atoms with Gasteiger partial charge in [-0.3, -0.25) is 4.79 Å². The van der Waals surface area contributed by atoms with Gasteiger partial charge in [0.25, 0.3) is 5.91 Å². The summed E-state index contributed by atoms with van der Waals surface area (Å²) < 4.78 is 27.7. The van der Waals surface area contributed by atoms with Crippen LogP contribution in [0.3, 0.4) is 0 Å². The van der Waals surface area contributed by atoms with E-state index in [1.165, 1.54) is 0 Å². The summed E-state index contributed by atoms with van der Waals surface area (Å²) in [6.45, 7) is 0.876. The van der Waals surface area contributed by atoms with Gasteiger partial charge in [0.05, 0.1) is 11.9 Å². The van der Waals surface area contributed by atoms with Crippen molar-refractivity contribution >= 4 is 5.91 Å². The lowest BCUT2D eigenvalue weighted by atomic mass is 10.2. The van der Waals surface area contributed by atoms with E-state index in [1.807, 2.05) is 0 Å². The van der Waals surface area contributed by atoms with Gasteiger partial charge in [-0.25, -0.2) is 13.8 Å². The molecule has 0 bridgehead atoms. The largest absolute Gasteiger partial charge is 0.350 e. The summed E-state index contributed by atoms with van der Waals surface area (Å²) in [5.41, 5.74) is -0.165. The molecule has 0 unspecified atom stereocenters. The van der Waals surface area contributed by atoms with Crippen molar-refractivity contribution in [3.8, 4) is 0 Å². The highest BCUT2D eigenvalue weighted by Crippen LogP contribution is 2.09. The van der Waals surface area contributed by atoms with Crippen molar-refractivity contribution in [2.45, 2.75) is 6.54 Å². The van der Waals surface area contributed by atoms with Crippen molar-refractivity contribution in [2.75, 3.05) is 6.54 Å². The molecule has 0 spiro atoms. The van der Waals surface area contributed by atoms with Crippen LogP contribution in [0.25, 0.3) is 0 Å². The van der Waals surface area contributed by atoms with E-state index in [0.29, 0.717) is 19.2 Å². The van der Waals surface area contributed by atoms with E-state index in [9.17, 15) is 13.6 Å². The topological polar surface area (TPSA) is 46.9 Å². The van der Waals surface area contributed by atoms with Crippen LogP contribution < -0.4 is 5.32 Å². The first-order chi connectivity index (χ1) is 8.66. The van der Waals surface area contributed by atoms with Gasteiger partial charge in [0, 0.05) is 31.5 Å². The van der Waals surface area contributed by atoms with Gasteiger partial charge >= 0.3 is 0 Å². The van der Waals surface area contributed by atoms with Crippen LogP contribution in [0.1, 0.15) is 10.4 Å². The highest BCUT2D eigenvalue weighted by atomic mass is 19.1. The molecule has 6 heteroatoms. The highest BCUT2D eigenvalue weighted by Gasteiger charge is 2.11. The van der Waals surface area contributed by atoms with E-state index >= 15 is 0 Å². The van der Waals surface area contributed by atoms with Gasteiger partial charge < -0.3 is 9.88 Å². The second-order valence-corrected chi connectivity index (χ2v) is 3.68. The number of nitrogens with zero attached hydrogens (tertiary/aromatic N) is 2. The highest BCUT2D eigenvalue weighted by molar-refractivity contribution is 5.94. The molecule has 1 aromatic carbocycles. The summed E-state index contributed by atoms with van der Waals surface area (Å²) in [6.07, 6.45) is 5.00. The maximum Gasteiger partial charge on any atom is 0.254 e. The Morgan fingerprint density at radius 3 is 2.89 bits per heavy atom. The van der Waals surface area contributed by atoms with Crippen molar-refractivity contribution in [3.63, 3.8) is 0 Å². The molecule has 0 fully saturated rings. The first-order valence-corrected chi connectivity index (χ1v) is 5.36. The molecule has 1 N–H and O–H groups in total. The Morgan fingerprint density at radius 1 is 1.39 bits per heavy atom. The molecular weight excluding hydrogens is 240 g/mol. The summed E-state index contributed by atoms with van der Waals surface area (Å²) in [6, 6.07) is 2.86. The van der Waals surface area contributed by atoms with Crippen LogP contribution in [0.15, 0.2) is 36.9 Å². The van der Waals surface area contributed by atoms with Crippen molar-refractivity contribution in [2.24, 2.45) is 0 Å². The zero-order valence-electron chi connectivity index (χ0n) is 9.44. The fourth-order valence-corrected chi connectivity index (χ4v) is 1.49. The van der Waals surface area contributed by atoms with E-state index in [0.717, 1.165) is 12.1 Å². The smallest absolute Gasteiger partial charge is 0.254 e. The first kappa shape index (κ1) is 12.2. The molecule has 4 nitrogen and oxygen atoms in total. The number of benzene rings is 1. The third-order valence-electron chi connectivity index (χ3n) is 2.39. The van der Waals surface area contributed by atoms with Gasteiger partial charge in [0.2, 0.25) is 0 Å². The molecule has 1 amide bonds. The van der Waals surface area contributed by atoms with Crippen molar-refractivity contribution < 1.29 is 13.6 Å². The van der Waals surface area contributed by atoms with Crippen LogP contribution in [0, 0.1) is 11.6 Å². The summed E-state index contributed by atoms with van der Waals surface area (Å²) in [5, 5.41) is 2.55. The Kier molecular flexibility index (Phi) is 3.66. The van der Waals surface area contributed by atoms with Gasteiger partial charge in [-0.1, -0.05) is 0 Å². The fraction of sp³-hybridized carbons (Fsp3) is 0.167. The lowest BCUT2D eigenvalue weighted by molar-refractivity contribution is 0.0948. The number of carbonyl (C=O) groups excluding carboxylic acids is 1. The van der Waals surface area contributed by atoms with Crippen molar-refractivity contribution in [1.29, 1.82) is 0 Å². The van der Waals surface area contributed by atoms with E-state index in [1.54, 1.807) is 23.3 Å². The maximum atomic E-state index is 13.3. The van der Waals surface area contributed by atoms with Crippen LogP contribution in [-0.2, 0) is 6.54 Å². The first-order valence-electron chi connectivity index (χ1n) is 5.36. The van der Waals surface area contributed by atoms with E-state index in [2.05, 4.69) is 10.3 Å². The normalized spacial score (nSPS) is 10.3. The number of halogens is 2. The Morgan fingerprint density at radius 2 is 2.22 bits per heavy atom. The number of carbonyl (C=O) groups is 1. The Bertz CT molecular complexity index is 540. The van der Waals surface area contributed by atoms with Crippen LogP contribution in [-0.4, -0.2) is 22.0 Å². The quantitative estimate of drug-likeness (QED) is 0.897. The maximum absolute atomic E-state index is 13.3. The van der Waals surface area contributed by atoms with E-state index < -0.39 is 17.5 Å². The van der Waals surface area contributed by atoms with Crippen molar-refractivity contribution in [1.82, 2.24) is 14.9 Å². The average molecular weight is 251 g/mol. The van der Waals surface area contributed by atoms with Crippen LogP contribution in [0.2, 0.25) is 0 Å². The third-order valence-corrected chi connectivity index (χ3v) is 2.39. The predicted molar refractivity (Wildman–Crippen MR) is 60.9 cm³/mol. The average Bonchev–Trinajstić information content (AvgIpc) is 2.81. The Hall–Kier alpha value is -2.24. The van der Waals surface area contributed by atoms with Gasteiger partial charge in [0.1, 0.15) is 11.6 Å². The van der Waals surface area contributed by atoms with Crippen LogP contribution >= 0.6 is 0 Å². The van der Waals surface area contributed by atoms with E-state index in [-0.39, 0.29) is 5.56 Å². The zero-order valence-corrected chi connectivity index (χ0v) is 9.44. The molecule has 0 saturated heterocycles. The Labute approximate surface area is 102 Å². The molecule has 2 rings (SSSR count). The predicted octanol–water partition coefficient (Wildman–Crippen LogP) is 1.59. The summed E-state index contributed by atoms with van der Waals surface area (Å²) in [7, 11) is 0. The van der Waals surface area contributed by atoms with E-state index in [4.69, 9.17) is 0 Å².